The van der Waals surface area contributed by atoms with Gasteiger partial charge in [-0.3, -0.25) is 14.2 Å². The van der Waals surface area contributed by atoms with Gasteiger partial charge in [-0.1, -0.05) is 34.1 Å². The first-order chi connectivity index (χ1) is 12.0. The summed E-state index contributed by atoms with van der Waals surface area (Å²) in [6.45, 7) is 4.37. The summed E-state index contributed by atoms with van der Waals surface area (Å²) in [6.07, 6.45) is 1.43. The van der Waals surface area contributed by atoms with E-state index in [-0.39, 0.29) is 18.0 Å². The van der Waals surface area contributed by atoms with E-state index in [2.05, 4.69) is 20.9 Å². The quantitative estimate of drug-likeness (QED) is 0.674. The Kier molecular flexibility index (Phi) is 4.99. The highest BCUT2D eigenvalue weighted by Gasteiger charge is 2.17. The van der Waals surface area contributed by atoms with Crippen molar-refractivity contribution in [1.29, 1.82) is 0 Å². The maximum atomic E-state index is 12.8. The molecule has 0 fully saturated rings. The van der Waals surface area contributed by atoms with Gasteiger partial charge >= 0.3 is 0 Å². The van der Waals surface area contributed by atoms with Gasteiger partial charge in [-0.2, -0.15) is 0 Å². The van der Waals surface area contributed by atoms with Crippen LogP contribution in [0.25, 0.3) is 10.9 Å². The van der Waals surface area contributed by atoms with E-state index in [0.29, 0.717) is 17.4 Å². The van der Waals surface area contributed by atoms with Gasteiger partial charge in [0.1, 0.15) is 6.54 Å². The summed E-state index contributed by atoms with van der Waals surface area (Å²) in [5, 5.41) is 0.489. The van der Waals surface area contributed by atoms with Crippen LogP contribution in [0.2, 0.25) is 0 Å². The average molecular weight is 400 g/mol. The number of nitrogens with zero attached hydrogens (tertiary/aromatic N) is 3. The number of likely N-dealkylation sites (N-methyl/N-ethyl adjacent to an activating group) is 1. The van der Waals surface area contributed by atoms with Crippen LogP contribution >= 0.6 is 15.9 Å². The second kappa shape index (κ2) is 7.19. The number of fused-ring (bicyclic) bond motifs is 1. The normalized spacial score (nSPS) is 10.8. The van der Waals surface area contributed by atoms with Crippen molar-refractivity contribution in [2.45, 2.75) is 20.4 Å². The topological polar surface area (TPSA) is 55.2 Å². The number of halogens is 1. The lowest BCUT2D eigenvalue weighted by Crippen LogP contribution is -2.37. The van der Waals surface area contributed by atoms with Crippen molar-refractivity contribution in [3.63, 3.8) is 0 Å². The highest BCUT2D eigenvalue weighted by Crippen LogP contribution is 2.20. The Hall–Kier alpha value is -2.47. The molecule has 1 amide bonds. The highest BCUT2D eigenvalue weighted by atomic mass is 79.9. The van der Waals surface area contributed by atoms with Crippen molar-refractivity contribution in [1.82, 2.24) is 9.55 Å². The molecule has 3 aromatic rings. The van der Waals surface area contributed by atoms with Crippen LogP contribution in [0.4, 0.5) is 5.69 Å². The minimum absolute atomic E-state index is 0.0452. The molecular weight excluding hydrogens is 382 g/mol. The van der Waals surface area contributed by atoms with Gasteiger partial charge in [-0.25, -0.2) is 4.98 Å². The third kappa shape index (κ3) is 3.49. The molecule has 0 aliphatic rings. The number of aryl methyl sites for hydroxylation is 1. The summed E-state index contributed by atoms with van der Waals surface area (Å²) < 4.78 is 2.16. The third-order valence-corrected chi connectivity index (χ3v) is 4.61. The second-order valence-corrected chi connectivity index (χ2v) is 6.68. The Bertz CT molecular complexity index is 997. The van der Waals surface area contributed by atoms with E-state index >= 15 is 0 Å². The minimum atomic E-state index is -0.222. The van der Waals surface area contributed by atoms with E-state index in [9.17, 15) is 9.59 Å². The third-order valence-electron chi connectivity index (χ3n) is 4.12. The van der Waals surface area contributed by atoms with Crippen molar-refractivity contribution >= 4 is 38.4 Å². The van der Waals surface area contributed by atoms with Gasteiger partial charge < -0.3 is 4.90 Å². The number of benzene rings is 2. The fourth-order valence-electron chi connectivity index (χ4n) is 2.82. The van der Waals surface area contributed by atoms with Crippen molar-refractivity contribution in [3.05, 3.63) is 69.2 Å². The number of carbonyl (C=O) groups excluding carboxylic acids is 1. The number of anilines is 1. The molecule has 0 aliphatic carbocycles. The molecular formula is C19H18BrN3O2. The molecule has 0 bridgehead atoms. The molecule has 2 aromatic carbocycles. The summed E-state index contributed by atoms with van der Waals surface area (Å²) in [5.41, 5.74) is 2.27. The van der Waals surface area contributed by atoms with Gasteiger partial charge in [0.15, 0.2) is 0 Å². The predicted molar refractivity (Wildman–Crippen MR) is 103 cm³/mol. The highest BCUT2D eigenvalue weighted by molar-refractivity contribution is 9.10. The van der Waals surface area contributed by atoms with E-state index in [1.165, 1.54) is 10.9 Å². The maximum Gasteiger partial charge on any atom is 0.261 e. The lowest BCUT2D eigenvalue weighted by atomic mass is 10.2. The van der Waals surface area contributed by atoms with Gasteiger partial charge in [0.25, 0.3) is 5.56 Å². The van der Waals surface area contributed by atoms with Crippen molar-refractivity contribution in [2.75, 3.05) is 11.4 Å². The average Bonchev–Trinajstić information content (AvgIpc) is 2.60. The van der Waals surface area contributed by atoms with Crippen LogP contribution in [0.5, 0.6) is 0 Å². The van der Waals surface area contributed by atoms with Crippen molar-refractivity contribution < 1.29 is 4.79 Å². The molecule has 0 N–H and O–H groups in total. The number of amides is 1. The number of hydrogen-bond donors (Lipinski definition) is 0. The smallest absolute Gasteiger partial charge is 0.261 e. The molecule has 0 atom stereocenters. The molecule has 6 heteroatoms. The van der Waals surface area contributed by atoms with Gasteiger partial charge in [-0.05, 0) is 43.7 Å². The number of hydrogen-bond acceptors (Lipinski definition) is 3. The SMILES string of the molecule is CCN(C(=O)Cn1cnc2ccc(Br)cc2c1=O)c1ccccc1C. The summed E-state index contributed by atoms with van der Waals surface area (Å²) >= 11 is 3.36. The van der Waals surface area contributed by atoms with E-state index in [1.807, 2.05) is 44.2 Å². The van der Waals surface area contributed by atoms with Crippen LogP contribution in [0.3, 0.4) is 0 Å². The zero-order valence-corrected chi connectivity index (χ0v) is 15.7. The van der Waals surface area contributed by atoms with Crippen molar-refractivity contribution in [3.8, 4) is 0 Å². The summed E-state index contributed by atoms with van der Waals surface area (Å²) in [4.78, 5) is 31.4. The molecule has 128 valence electrons. The van der Waals surface area contributed by atoms with Crippen LogP contribution in [0, 0.1) is 6.92 Å². The summed E-state index contributed by atoms with van der Waals surface area (Å²) in [6, 6.07) is 13.1. The first-order valence-corrected chi connectivity index (χ1v) is 8.81. The van der Waals surface area contributed by atoms with Crippen LogP contribution < -0.4 is 10.5 Å². The molecule has 0 saturated carbocycles. The molecule has 0 spiro atoms. The minimum Gasteiger partial charge on any atom is -0.311 e. The Morgan fingerprint density at radius 3 is 2.72 bits per heavy atom. The van der Waals surface area contributed by atoms with Crippen LogP contribution in [0.15, 0.2) is 58.1 Å². The standard InChI is InChI=1S/C19H18BrN3O2/c1-3-23(17-7-5-4-6-13(17)2)18(24)11-22-12-21-16-9-8-14(20)10-15(16)19(22)25/h4-10,12H,3,11H2,1-2H3. The number of para-hydroxylation sites is 1. The van der Waals surface area contributed by atoms with Gasteiger partial charge in [0.2, 0.25) is 5.91 Å². The van der Waals surface area contributed by atoms with E-state index in [0.717, 1.165) is 15.7 Å². The molecule has 0 aliphatic heterocycles. The molecule has 1 aromatic heterocycles. The summed E-state index contributed by atoms with van der Waals surface area (Å²) in [7, 11) is 0. The Labute approximate surface area is 154 Å². The van der Waals surface area contributed by atoms with E-state index in [1.54, 1.807) is 17.0 Å². The molecule has 0 unspecified atom stereocenters. The van der Waals surface area contributed by atoms with Crippen LogP contribution in [-0.4, -0.2) is 22.0 Å². The Morgan fingerprint density at radius 1 is 1.24 bits per heavy atom. The second-order valence-electron chi connectivity index (χ2n) is 5.76. The van der Waals surface area contributed by atoms with Gasteiger partial charge in [-0.15, -0.1) is 0 Å². The van der Waals surface area contributed by atoms with Gasteiger partial charge in [0, 0.05) is 16.7 Å². The Balaban J connectivity index is 1.95. The largest absolute Gasteiger partial charge is 0.311 e. The Morgan fingerprint density at radius 2 is 2.00 bits per heavy atom. The zero-order valence-electron chi connectivity index (χ0n) is 14.1. The number of rotatable bonds is 4. The van der Waals surface area contributed by atoms with Crippen LogP contribution in [-0.2, 0) is 11.3 Å². The fraction of sp³-hybridized carbons (Fsp3) is 0.211. The number of aromatic nitrogens is 2. The molecule has 1 heterocycles. The molecule has 5 nitrogen and oxygen atoms in total. The van der Waals surface area contributed by atoms with Crippen LogP contribution in [0.1, 0.15) is 12.5 Å². The molecule has 3 rings (SSSR count). The molecule has 0 radical (unpaired) electrons. The van der Waals surface area contributed by atoms with Crippen molar-refractivity contribution in [2.24, 2.45) is 0 Å². The molecule has 25 heavy (non-hydrogen) atoms. The summed E-state index contributed by atoms with van der Waals surface area (Å²) in [5.74, 6) is -0.143. The zero-order chi connectivity index (χ0) is 18.0. The molecule has 0 saturated heterocycles. The number of carbonyl (C=O) groups is 1. The first kappa shape index (κ1) is 17.4. The lowest BCUT2D eigenvalue weighted by Gasteiger charge is -2.23. The first-order valence-electron chi connectivity index (χ1n) is 8.02. The van der Waals surface area contributed by atoms with E-state index < -0.39 is 0 Å². The maximum absolute atomic E-state index is 12.8. The van der Waals surface area contributed by atoms with Gasteiger partial charge in [0.05, 0.1) is 17.2 Å². The monoisotopic (exact) mass is 399 g/mol. The fourth-order valence-corrected chi connectivity index (χ4v) is 3.18. The lowest BCUT2D eigenvalue weighted by molar-refractivity contribution is -0.119. The predicted octanol–water partition coefficient (Wildman–Crippen LogP) is 3.52. The van der Waals surface area contributed by atoms with E-state index in [4.69, 9.17) is 0 Å².